The smallest absolute Gasteiger partial charge is 0.282 e. The van der Waals surface area contributed by atoms with Crippen molar-refractivity contribution in [3.8, 4) is 0 Å². The van der Waals surface area contributed by atoms with E-state index in [9.17, 15) is 18.0 Å². The molecule has 2 rings (SSSR count). The predicted molar refractivity (Wildman–Crippen MR) is 48.9 cm³/mol. The van der Waals surface area contributed by atoms with Gasteiger partial charge < -0.3 is 4.90 Å². The Bertz CT molecular complexity index is 398. The van der Waals surface area contributed by atoms with Gasteiger partial charge in [-0.15, -0.1) is 0 Å². The van der Waals surface area contributed by atoms with E-state index in [1.54, 1.807) is 0 Å². The van der Waals surface area contributed by atoms with Gasteiger partial charge in [0.25, 0.3) is 5.92 Å². The van der Waals surface area contributed by atoms with Crippen LogP contribution in [-0.4, -0.2) is 25.3 Å². The monoisotopic (exact) mass is 215 g/mol. The highest BCUT2D eigenvalue weighted by Crippen LogP contribution is 2.34. The third-order valence-corrected chi connectivity index (χ3v) is 2.31. The Morgan fingerprint density at radius 3 is 2.53 bits per heavy atom. The molecular weight excluding hydrogens is 207 g/mol. The minimum absolute atomic E-state index is 0.0292. The molecule has 0 aliphatic carbocycles. The predicted octanol–water partition coefficient (Wildman–Crippen LogP) is 2.09. The SMILES string of the molecule is O=Cc1cccc(F)c1N1CC(F)(F)C1. The second-order valence-corrected chi connectivity index (χ2v) is 3.51. The Kier molecular flexibility index (Phi) is 2.17. The van der Waals surface area contributed by atoms with Crippen molar-refractivity contribution in [1.82, 2.24) is 0 Å². The number of rotatable bonds is 2. The molecule has 15 heavy (non-hydrogen) atoms. The zero-order valence-corrected chi connectivity index (χ0v) is 7.71. The van der Waals surface area contributed by atoms with Gasteiger partial charge in [-0.05, 0) is 12.1 Å². The van der Waals surface area contributed by atoms with E-state index in [0.717, 1.165) is 6.07 Å². The highest BCUT2D eigenvalue weighted by atomic mass is 19.3. The molecule has 80 valence electrons. The van der Waals surface area contributed by atoms with Gasteiger partial charge in [0, 0.05) is 5.56 Å². The molecule has 0 unspecified atom stereocenters. The fourth-order valence-corrected chi connectivity index (χ4v) is 1.63. The maximum absolute atomic E-state index is 13.3. The van der Waals surface area contributed by atoms with Crippen molar-refractivity contribution in [2.45, 2.75) is 5.92 Å². The average Bonchev–Trinajstić information content (AvgIpc) is 2.13. The van der Waals surface area contributed by atoms with Gasteiger partial charge in [-0.1, -0.05) is 6.07 Å². The number of para-hydroxylation sites is 1. The standard InChI is InChI=1S/C10H8F3NO/c11-8-3-1-2-7(4-15)9(8)14-5-10(12,13)6-14/h1-4H,5-6H2. The molecule has 0 spiro atoms. The Morgan fingerprint density at radius 1 is 1.33 bits per heavy atom. The van der Waals surface area contributed by atoms with Crippen LogP contribution >= 0.6 is 0 Å². The van der Waals surface area contributed by atoms with Crippen molar-refractivity contribution in [3.05, 3.63) is 29.6 Å². The molecule has 0 atom stereocenters. The minimum atomic E-state index is -2.78. The van der Waals surface area contributed by atoms with Crippen LogP contribution in [0.2, 0.25) is 0 Å². The van der Waals surface area contributed by atoms with E-state index >= 15 is 0 Å². The van der Waals surface area contributed by atoms with Crippen LogP contribution < -0.4 is 4.90 Å². The Morgan fingerprint density at radius 2 is 2.00 bits per heavy atom. The van der Waals surface area contributed by atoms with E-state index in [-0.39, 0.29) is 11.3 Å². The topological polar surface area (TPSA) is 20.3 Å². The Balaban J connectivity index is 2.32. The first-order chi connectivity index (χ1) is 7.03. The molecule has 1 heterocycles. The molecule has 0 bridgehead atoms. The number of hydrogen-bond donors (Lipinski definition) is 0. The van der Waals surface area contributed by atoms with Crippen molar-refractivity contribution in [2.24, 2.45) is 0 Å². The second kappa shape index (κ2) is 3.25. The van der Waals surface area contributed by atoms with E-state index in [1.165, 1.54) is 17.0 Å². The van der Waals surface area contributed by atoms with Crippen molar-refractivity contribution < 1.29 is 18.0 Å². The van der Waals surface area contributed by atoms with Crippen molar-refractivity contribution in [2.75, 3.05) is 18.0 Å². The van der Waals surface area contributed by atoms with Crippen LogP contribution in [0.4, 0.5) is 18.9 Å². The molecule has 1 aromatic carbocycles. The number of halogens is 3. The third-order valence-electron chi connectivity index (χ3n) is 2.31. The average molecular weight is 215 g/mol. The first-order valence-corrected chi connectivity index (χ1v) is 4.40. The highest BCUT2D eigenvalue weighted by Gasteiger charge is 2.45. The third kappa shape index (κ3) is 1.69. The molecule has 0 saturated carbocycles. The summed E-state index contributed by atoms with van der Waals surface area (Å²) in [5.74, 6) is -3.42. The van der Waals surface area contributed by atoms with E-state index in [1.807, 2.05) is 0 Å². The van der Waals surface area contributed by atoms with Gasteiger partial charge >= 0.3 is 0 Å². The van der Waals surface area contributed by atoms with Crippen LogP contribution in [0.25, 0.3) is 0 Å². The van der Waals surface area contributed by atoms with Crippen LogP contribution in [-0.2, 0) is 0 Å². The zero-order chi connectivity index (χ0) is 11.1. The summed E-state index contributed by atoms with van der Waals surface area (Å²) < 4.78 is 38.5. The van der Waals surface area contributed by atoms with Crippen LogP contribution in [0, 0.1) is 5.82 Å². The molecule has 1 aromatic rings. The summed E-state index contributed by atoms with van der Waals surface area (Å²) in [4.78, 5) is 11.8. The largest absolute Gasteiger partial charge is 0.356 e. The van der Waals surface area contributed by atoms with Gasteiger partial charge in [0.2, 0.25) is 0 Å². The van der Waals surface area contributed by atoms with E-state index in [4.69, 9.17) is 0 Å². The van der Waals surface area contributed by atoms with Crippen molar-refractivity contribution in [3.63, 3.8) is 0 Å². The number of aldehydes is 1. The van der Waals surface area contributed by atoms with E-state index in [0.29, 0.717) is 6.29 Å². The molecule has 0 amide bonds. The number of nitrogens with zero attached hydrogens (tertiary/aromatic N) is 1. The fraction of sp³-hybridized carbons (Fsp3) is 0.300. The molecule has 2 nitrogen and oxygen atoms in total. The molecule has 1 saturated heterocycles. The summed E-state index contributed by atoms with van der Waals surface area (Å²) >= 11 is 0. The van der Waals surface area contributed by atoms with E-state index in [2.05, 4.69) is 0 Å². The highest BCUT2D eigenvalue weighted by molar-refractivity contribution is 5.85. The number of hydrogen-bond acceptors (Lipinski definition) is 2. The van der Waals surface area contributed by atoms with E-state index < -0.39 is 24.8 Å². The fourth-order valence-electron chi connectivity index (χ4n) is 1.63. The molecule has 5 heteroatoms. The number of anilines is 1. The lowest BCUT2D eigenvalue weighted by atomic mass is 10.1. The van der Waals surface area contributed by atoms with Crippen LogP contribution in [0.5, 0.6) is 0 Å². The number of carbonyl (C=O) groups excluding carboxylic acids is 1. The van der Waals surface area contributed by atoms with Gasteiger partial charge in [-0.2, -0.15) is 0 Å². The number of carbonyl (C=O) groups is 1. The molecule has 0 radical (unpaired) electrons. The molecule has 0 N–H and O–H groups in total. The zero-order valence-electron chi connectivity index (χ0n) is 7.71. The van der Waals surface area contributed by atoms with Crippen LogP contribution in [0.1, 0.15) is 10.4 Å². The quantitative estimate of drug-likeness (QED) is 0.704. The normalized spacial score (nSPS) is 18.5. The number of benzene rings is 1. The van der Waals surface area contributed by atoms with Gasteiger partial charge in [0.15, 0.2) is 6.29 Å². The van der Waals surface area contributed by atoms with Crippen molar-refractivity contribution >= 4 is 12.0 Å². The maximum Gasteiger partial charge on any atom is 0.282 e. The number of alkyl halides is 2. The lowest BCUT2D eigenvalue weighted by Gasteiger charge is -2.41. The lowest BCUT2D eigenvalue weighted by molar-refractivity contribution is -0.0266. The van der Waals surface area contributed by atoms with Gasteiger partial charge in [0.1, 0.15) is 5.82 Å². The van der Waals surface area contributed by atoms with Gasteiger partial charge in [-0.3, -0.25) is 4.79 Å². The van der Waals surface area contributed by atoms with Gasteiger partial charge in [-0.25, -0.2) is 13.2 Å². The summed E-state index contributed by atoms with van der Waals surface area (Å²) in [6, 6.07) is 3.93. The molecule has 1 aliphatic heterocycles. The summed E-state index contributed by atoms with van der Waals surface area (Å²) in [5.41, 5.74) is 0.0731. The van der Waals surface area contributed by atoms with Crippen LogP contribution in [0.15, 0.2) is 18.2 Å². The minimum Gasteiger partial charge on any atom is -0.356 e. The lowest BCUT2D eigenvalue weighted by Crippen LogP contribution is -2.57. The summed E-state index contributed by atoms with van der Waals surface area (Å²) in [6.45, 7) is -1.07. The Hall–Kier alpha value is -1.52. The summed E-state index contributed by atoms with van der Waals surface area (Å²) in [5, 5.41) is 0. The molecule has 0 aromatic heterocycles. The van der Waals surface area contributed by atoms with Gasteiger partial charge in [0.05, 0.1) is 18.8 Å². The van der Waals surface area contributed by atoms with Crippen molar-refractivity contribution in [1.29, 1.82) is 0 Å². The summed E-state index contributed by atoms with van der Waals surface area (Å²) in [6.07, 6.45) is 0.467. The molecule has 1 fully saturated rings. The molecular formula is C10H8F3NO. The van der Waals surface area contributed by atoms with Crippen LogP contribution in [0.3, 0.4) is 0 Å². The maximum atomic E-state index is 13.3. The second-order valence-electron chi connectivity index (χ2n) is 3.51. The Labute approximate surface area is 84.3 Å². The first-order valence-electron chi connectivity index (χ1n) is 4.40. The summed E-state index contributed by atoms with van der Waals surface area (Å²) in [7, 11) is 0. The molecule has 1 aliphatic rings. The first kappa shape index (κ1) is 10.0.